The number of benzene rings is 2. The van der Waals surface area contributed by atoms with Crippen LogP contribution in [0.15, 0.2) is 42.0 Å². The van der Waals surface area contributed by atoms with E-state index in [1.54, 1.807) is 29.2 Å². The number of rotatable bonds is 3. The number of hydrogen-bond donors (Lipinski definition) is 0. The predicted molar refractivity (Wildman–Crippen MR) is 117 cm³/mol. The standard InChI is InChI=1S/C24H21ClF2N2O4/c25-18-2-4-21-16(11-18)10-17(13-32-21)22(30)28-7-5-24(6-8-28)14-29(23(31)33-24)12-15-1-3-19(26)20(27)9-15/h1-4,9-11H,5-8,12-14H2. The highest BCUT2D eigenvalue weighted by atomic mass is 35.5. The van der Waals surface area contributed by atoms with E-state index in [2.05, 4.69) is 0 Å². The van der Waals surface area contributed by atoms with Gasteiger partial charge in [-0.3, -0.25) is 9.69 Å². The van der Waals surface area contributed by atoms with Crippen molar-refractivity contribution in [1.29, 1.82) is 0 Å². The van der Waals surface area contributed by atoms with Gasteiger partial charge in [-0.1, -0.05) is 17.7 Å². The van der Waals surface area contributed by atoms with Gasteiger partial charge in [0.05, 0.1) is 12.1 Å². The van der Waals surface area contributed by atoms with Gasteiger partial charge >= 0.3 is 6.09 Å². The number of amides is 2. The van der Waals surface area contributed by atoms with E-state index in [9.17, 15) is 18.4 Å². The maximum Gasteiger partial charge on any atom is 0.410 e. The molecule has 2 saturated heterocycles. The molecule has 6 nitrogen and oxygen atoms in total. The minimum absolute atomic E-state index is 0.113. The van der Waals surface area contributed by atoms with Crippen molar-refractivity contribution >= 4 is 29.7 Å². The summed E-state index contributed by atoms with van der Waals surface area (Å²) in [7, 11) is 0. The van der Waals surface area contributed by atoms with Gasteiger partial charge in [0, 0.05) is 43.1 Å². The lowest BCUT2D eigenvalue weighted by Gasteiger charge is -2.38. The van der Waals surface area contributed by atoms with Crippen LogP contribution in [0, 0.1) is 11.6 Å². The van der Waals surface area contributed by atoms with E-state index in [4.69, 9.17) is 21.1 Å². The van der Waals surface area contributed by atoms with Crippen molar-refractivity contribution in [2.45, 2.75) is 25.0 Å². The number of nitrogens with zero attached hydrogens (tertiary/aromatic N) is 2. The molecule has 0 N–H and O–H groups in total. The second-order valence-electron chi connectivity index (χ2n) is 8.59. The monoisotopic (exact) mass is 474 g/mol. The zero-order chi connectivity index (χ0) is 23.2. The highest BCUT2D eigenvalue weighted by Gasteiger charge is 2.47. The van der Waals surface area contributed by atoms with E-state index in [0.29, 0.717) is 54.4 Å². The number of fused-ring (bicyclic) bond motifs is 1. The van der Waals surface area contributed by atoms with Crippen LogP contribution in [-0.4, -0.2) is 53.6 Å². The molecule has 3 aliphatic heterocycles. The Bertz CT molecular complexity index is 1160. The Morgan fingerprint density at radius 3 is 2.64 bits per heavy atom. The first-order valence-electron chi connectivity index (χ1n) is 10.7. The van der Waals surface area contributed by atoms with Crippen molar-refractivity contribution in [3.05, 3.63) is 69.8 Å². The Labute approximate surface area is 194 Å². The van der Waals surface area contributed by atoms with Crippen LogP contribution in [0.4, 0.5) is 13.6 Å². The molecule has 9 heteroatoms. The molecule has 0 atom stereocenters. The summed E-state index contributed by atoms with van der Waals surface area (Å²) in [5.41, 5.74) is 1.11. The van der Waals surface area contributed by atoms with Gasteiger partial charge in [0.2, 0.25) is 0 Å². The molecule has 0 aromatic heterocycles. The second-order valence-corrected chi connectivity index (χ2v) is 9.02. The number of piperidine rings is 1. The first kappa shape index (κ1) is 21.7. The predicted octanol–water partition coefficient (Wildman–Crippen LogP) is 4.41. The molecule has 2 aromatic carbocycles. The molecule has 5 rings (SSSR count). The highest BCUT2D eigenvalue weighted by Crippen LogP contribution is 2.35. The second kappa shape index (κ2) is 8.33. The molecule has 172 valence electrons. The van der Waals surface area contributed by atoms with Crippen LogP contribution in [0.3, 0.4) is 0 Å². The van der Waals surface area contributed by atoms with Gasteiger partial charge in [-0.05, 0) is 42.0 Å². The average Bonchev–Trinajstić information content (AvgIpc) is 3.10. The van der Waals surface area contributed by atoms with Crippen molar-refractivity contribution in [3.63, 3.8) is 0 Å². The van der Waals surface area contributed by atoms with Gasteiger partial charge < -0.3 is 14.4 Å². The Morgan fingerprint density at radius 2 is 1.88 bits per heavy atom. The lowest BCUT2D eigenvalue weighted by Crippen LogP contribution is -2.49. The molecule has 3 aliphatic rings. The maximum absolute atomic E-state index is 13.5. The van der Waals surface area contributed by atoms with Gasteiger partial charge in [-0.25, -0.2) is 13.6 Å². The molecule has 0 unspecified atom stereocenters. The largest absolute Gasteiger partial charge is 0.488 e. The third kappa shape index (κ3) is 4.27. The lowest BCUT2D eigenvalue weighted by atomic mass is 9.90. The van der Waals surface area contributed by atoms with Crippen molar-refractivity contribution in [2.24, 2.45) is 0 Å². The fourth-order valence-corrected chi connectivity index (χ4v) is 4.71. The van der Waals surface area contributed by atoms with Gasteiger partial charge in [0.1, 0.15) is 18.0 Å². The minimum Gasteiger partial charge on any atom is -0.488 e. The first-order chi connectivity index (χ1) is 15.8. The molecule has 3 heterocycles. The van der Waals surface area contributed by atoms with E-state index in [-0.39, 0.29) is 19.1 Å². The maximum atomic E-state index is 13.5. The number of carbonyl (C=O) groups excluding carboxylic acids is 2. The van der Waals surface area contributed by atoms with Crippen LogP contribution in [0.25, 0.3) is 6.08 Å². The van der Waals surface area contributed by atoms with Crippen LogP contribution in [0.5, 0.6) is 5.75 Å². The van der Waals surface area contributed by atoms with E-state index >= 15 is 0 Å². The van der Waals surface area contributed by atoms with Gasteiger partial charge in [0.15, 0.2) is 11.6 Å². The van der Waals surface area contributed by atoms with Gasteiger partial charge in [-0.2, -0.15) is 0 Å². The Morgan fingerprint density at radius 1 is 1.09 bits per heavy atom. The Kier molecular flexibility index (Phi) is 5.48. The highest BCUT2D eigenvalue weighted by molar-refractivity contribution is 6.30. The fraction of sp³-hybridized carbons (Fsp3) is 0.333. The summed E-state index contributed by atoms with van der Waals surface area (Å²) in [5, 5.41) is 0.568. The van der Waals surface area contributed by atoms with Crippen LogP contribution in [-0.2, 0) is 16.1 Å². The summed E-state index contributed by atoms with van der Waals surface area (Å²) in [4.78, 5) is 28.7. The molecule has 2 fully saturated rings. The molecule has 0 radical (unpaired) electrons. The van der Waals surface area contributed by atoms with Crippen molar-refractivity contribution in [1.82, 2.24) is 9.80 Å². The number of hydrogen-bond acceptors (Lipinski definition) is 4. The number of carbonyl (C=O) groups is 2. The number of halogens is 3. The average molecular weight is 475 g/mol. The summed E-state index contributed by atoms with van der Waals surface area (Å²) < 4.78 is 38.1. The summed E-state index contributed by atoms with van der Waals surface area (Å²) in [6.07, 6.45) is 2.30. The Hall–Kier alpha value is -3.13. The summed E-state index contributed by atoms with van der Waals surface area (Å²) in [6.45, 7) is 1.53. The number of likely N-dealkylation sites (tertiary alicyclic amines) is 1. The molecule has 0 bridgehead atoms. The molecule has 2 aromatic rings. The van der Waals surface area contributed by atoms with E-state index < -0.39 is 23.3 Å². The topological polar surface area (TPSA) is 59.1 Å². The summed E-state index contributed by atoms with van der Waals surface area (Å²) in [5.74, 6) is -1.31. The fourth-order valence-electron chi connectivity index (χ4n) is 4.53. The van der Waals surface area contributed by atoms with Crippen molar-refractivity contribution in [3.8, 4) is 5.75 Å². The molecule has 33 heavy (non-hydrogen) atoms. The first-order valence-corrected chi connectivity index (χ1v) is 11.0. The van der Waals surface area contributed by atoms with Crippen molar-refractivity contribution in [2.75, 3.05) is 26.2 Å². The molecule has 0 saturated carbocycles. The van der Waals surface area contributed by atoms with Gasteiger partial charge in [-0.15, -0.1) is 0 Å². The molecular formula is C24H21ClF2N2O4. The molecule has 1 spiro atoms. The summed E-state index contributed by atoms with van der Waals surface area (Å²) >= 11 is 6.05. The Balaban J connectivity index is 1.22. The third-order valence-corrected chi connectivity index (χ3v) is 6.55. The zero-order valence-corrected chi connectivity index (χ0v) is 18.4. The van der Waals surface area contributed by atoms with Crippen LogP contribution in [0.2, 0.25) is 5.02 Å². The lowest BCUT2D eigenvalue weighted by molar-refractivity contribution is -0.130. The number of ether oxygens (including phenoxy) is 2. The van der Waals surface area contributed by atoms with E-state index in [1.165, 1.54) is 11.0 Å². The molecular weight excluding hydrogens is 454 g/mol. The third-order valence-electron chi connectivity index (χ3n) is 6.32. The van der Waals surface area contributed by atoms with Crippen molar-refractivity contribution < 1.29 is 27.8 Å². The minimum atomic E-state index is -0.951. The SMILES string of the molecule is O=C1OC2(CCN(C(=O)C3=Cc4cc(Cl)ccc4OC3)CC2)CN1Cc1ccc(F)c(F)c1. The van der Waals surface area contributed by atoms with E-state index in [0.717, 1.165) is 17.7 Å². The molecule has 2 amide bonds. The van der Waals surface area contributed by atoms with Crippen LogP contribution < -0.4 is 4.74 Å². The summed E-state index contributed by atoms with van der Waals surface area (Å²) in [6, 6.07) is 8.85. The van der Waals surface area contributed by atoms with Crippen LogP contribution in [0.1, 0.15) is 24.0 Å². The smallest absolute Gasteiger partial charge is 0.410 e. The normalized spacial score (nSPS) is 19.1. The zero-order valence-electron chi connectivity index (χ0n) is 17.7. The van der Waals surface area contributed by atoms with E-state index in [1.807, 2.05) is 0 Å². The quantitative estimate of drug-likeness (QED) is 0.661. The van der Waals surface area contributed by atoms with Crippen LogP contribution >= 0.6 is 11.6 Å². The van der Waals surface area contributed by atoms with Gasteiger partial charge in [0.25, 0.3) is 5.91 Å². The molecule has 0 aliphatic carbocycles.